The molecular weight excluding hydrogens is 251 g/mol. The third-order valence-electron chi connectivity index (χ3n) is 4.92. The first-order valence-corrected chi connectivity index (χ1v) is 7.80. The average Bonchev–Trinajstić information content (AvgIpc) is 2.50. The van der Waals surface area contributed by atoms with Gasteiger partial charge in [0.15, 0.2) is 0 Å². The van der Waals surface area contributed by atoms with Gasteiger partial charge in [0, 0.05) is 11.1 Å². The first-order valence-electron chi connectivity index (χ1n) is 7.80. The van der Waals surface area contributed by atoms with E-state index in [0.717, 1.165) is 25.1 Å². The summed E-state index contributed by atoms with van der Waals surface area (Å²) in [5, 5.41) is 3.37. The molecule has 0 bridgehead atoms. The van der Waals surface area contributed by atoms with Crippen LogP contribution in [0.15, 0.2) is 24.3 Å². The van der Waals surface area contributed by atoms with Gasteiger partial charge in [0.1, 0.15) is 5.82 Å². The minimum Gasteiger partial charge on any atom is -0.311 e. The van der Waals surface area contributed by atoms with E-state index in [1.165, 1.54) is 19.3 Å². The molecule has 1 aromatic carbocycles. The van der Waals surface area contributed by atoms with Gasteiger partial charge in [0.2, 0.25) is 0 Å². The summed E-state index contributed by atoms with van der Waals surface area (Å²) in [6.45, 7) is 6.72. The Labute approximate surface area is 122 Å². The zero-order chi connectivity index (χ0) is 14.6. The van der Waals surface area contributed by atoms with Gasteiger partial charge in [-0.2, -0.15) is 0 Å². The molecule has 0 radical (unpaired) electrons. The van der Waals surface area contributed by atoms with Gasteiger partial charge < -0.3 is 5.32 Å². The number of likely N-dealkylation sites (tertiary alicyclic amines) is 1. The monoisotopic (exact) mass is 278 g/mol. The Balaban J connectivity index is 2.33. The minimum atomic E-state index is -0.108. The van der Waals surface area contributed by atoms with Crippen molar-refractivity contribution in [3.05, 3.63) is 35.6 Å². The van der Waals surface area contributed by atoms with E-state index < -0.39 is 0 Å². The fourth-order valence-corrected chi connectivity index (χ4v) is 3.53. The predicted molar refractivity (Wildman–Crippen MR) is 82.3 cm³/mol. The number of hydrogen-bond acceptors (Lipinski definition) is 2. The molecule has 0 aliphatic carbocycles. The van der Waals surface area contributed by atoms with Crippen LogP contribution in [-0.4, -0.2) is 30.6 Å². The molecule has 112 valence electrons. The van der Waals surface area contributed by atoms with Gasteiger partial charge in [-0.15, -0.1) is 0 Å². The molecule has 0 amide bonds. The molecule has 1 fully saturated rings. The second-order valence-corrected chi connectivity index (χ2v) is 6.00. The van der Waals surface area contributed by atoms with Gasteiger partial charge in [0.05, 0.1) is 6.04 Å². The SMILES string of the molecule is CCC(C)(C(NC)c1ccccc1F)N1CCCCC1. The summed E-state index contributed by atoms with van der Waals surface area (Å²) in [4.78, 5) is 2.55. The predicted octanol–water partition coefficient (Wildman–Crippen LogP) is 3.74. The van der Waals surface area contributed by atoms with Gasteiger partial charge in [-0.05, 0) is 52.4 Å². The van der Waals surface area contributed by atoms with Gasteiger partial charge >= 0.3 is 0 Å². The van der Waals surface area contributed by atoms with Crippen LogP contribution in [0.3, 0.4) is 0 Å². The number of benzene rings is 1. The highest BCUT2D eigenvalue weighted by Gasteiger charge is 2.39. The van der Waals surface area contributed by atoms with Crippen LogP contribution in [-0.2, 0) is 0 Å². The van der Waals surface area contributed by atoms with E-state index in [4.69, 9.17) is 0 Å². The highest BCUT2D eigenvalue weighted by atomic mass is 19.1. The zero-order valence-corrected chi connectivity index (χ0v) is 13.0. The number of likely N-dealkylation sites (N-methyl/N-ethyl adjacent to an activating group) is 1. The second-order valence-electron chi connectivity index (χ2n) is 6.00. The van der Waals surface area contributed by atoms with Gasteiger partial charge in [-0.3, -0.25) is 4.90 Å². The molecule has 1 saturated heterocycles. The van der Waals surface area contributed by atoms with Crippen LogP contribution in [0.25, 0.3) is 0 Å². The van der Waals surface area contributed by atoms with Gasteiger partial charge in [-0.25, -0.2) is 4.39 Å². The van der Waals surface area contributed by atoms with E-state index in [0.29, 0.717) is 0 Å². The van der Waals surface area contributed by atoms with Crippen LogP contribution in [0.5, 0.6) is 0 Å². The molecule has 0 saturated carbocycles. The molecule has 3 heteroatoms. The maximum atomic E-state index is 14.2. The van der Waals surface area contributed by atoms with E-state index in [2.05, 4.69) is 24.1 Å². The highest BCUT2D eigenvalue weighted by molar-refractivity contribution is 5.25. The Bertz CT molecular complexity index is 429. The fraction of sp³-hybridized carbons (Fsp3) is 0.647. The normalized spacial score (nSPS) is 21.4. The standard InChI is InChI=1S/C17H27FN2/c1-4-17(2,20-12-8-5-9-13-20)16(19-3)14-10-6-7-11-15(14)18/h6-7,10-11,16,19H,4-5,8-9,12-13H2,1-3H3. The number of hydrogen-bond donors (Lipinski definition) is 1. The van der Waals surface area contributed by atoms with Gasteiger partial charge in [0.25, 0.3) is 0 Å². The van der Waals surface area contributed by atoms with E-state index in [-0.39, 0.29) is 17.4 Å². The molecule has 1 aromatic rings. The summed E-state index contributed by atoms with van der Waals surface area (Å²) in [6.07, 6.45) is 4.83. The molecule has 20 heavy (non-hydrogen) atoms. The van der Waals surface area contributed by atoms with Crippen molar-refractivity contribution >= 4 is 0 Å². The Kier molecular flexibility index (Phi) is 5.17. The van der Waals surface area contributed by atoms with E-state index >= 15 is 0 Å². The number of halogens is 1. The summed E-state index contributed by atoms with van der Waals surface area (Å²) in [5.41, 5.74) is 0.738. The summed E-state index contributed by atoms with van der Waals surface area (Å²) in [7, 11) is 1.94. The smallest absolute Gasteiger partial charge is 0.128 e. The van der Waals surface area contributed by atoms with Crippen LogP contribution in [0.1, 0.15) is 51.1 Å². The molecule has 1 aliphatic rings. The first-order chi connectivity index (χ1) is 9.63. The highest BCUT2D eigenvalue weighted by Crippen LogP contribution is 2.36. The van der Waals surface area contributed by atoms with Crippen molar-refractivity contribution in [1.29, 1.82) is 0 Å². The van der Waals surface area contributed by atoms with Crippen LogP contribution in [0, 0.1) is 5.82 Å². The van der Waals surface area contributed by atoms with E-state index in [1.54, 1.807) is 12.1 Å². The van der Waals surface area contributed by atoms with Crippen molar-refractivity contribution < 1.29 is 4.39 Å². The molecule has 2 nitrogen and oxygen atoms in total. The Morgan fingerprint density at radius 3 is 2.45 bits per heavy atom. The summed E-state index contributed by atoms with van der Waals surface area (Å²) < 4.78 is 14.2. The molecule has 2 unspecified atom stereocenters. The lowest BCUT2D eigenvalue weighted by molar-refractivity contribution is 0.0437. The molecule has 2 rings (SSSR count). The van der Waals surface area contributed by atoms with E-state index in [1.807, 2.05) is 19.2 Å². The maximum Gasteiger partial charge on any atom is 0.128 e. The van der Waals surface area contributed by atoms with Crippen LogP contribution in [0.4, 0.5) is 4.39 Å². The Morgan fingerprint density at radius 1 is 1.25 bits per heavy atom. The molecule has 0 aromatic heterocycles. The zero-order valence-electron chi connectivity index (χ0n) is 13.0. The third-order valence-corrected chi connectivity index (χ3v) is 4.92. The molecule has 2 atom stereocenters. The summed E-state index contributed by atoms with van der Waals surface area (Å²) in [5.74, 6) is -0.108. The molecule has 1 N–H and O–H groups in total. The van der Waals surface area contributed by atoms with Crippen molar-refractivity contribution in [1.82, 2.24) is 10.2 Å². The van der Waals surface area contributed by atoms with Crippen molar-refractivity contribution in [2.24, 2.45) is 0 Å². The quantitative estimate of drug-likeness (QED) is 0.882. The molecule has 1 aliphatic heterocycles. The van der Waals surface area contributed by atoms with Crippen molar-refractivity contribution in [3.8, 4) is 0 Å². The minimum absolute atomic E-state index is 0.0202. The van der Waals surface area contributed by atoms with E-state index in [9.17, 15) is 4.39 Å². The van der Waals surface area contributed by atoms with Crippen LogP contribution < -0.4 is 5.32 Å². The lowest BCUT2D eigenvalue weighted by Gasteiger charge is -2.48. The average molecular weight is 278 g/mol. The Morgan fingerprint density at radius 2 is 1.90 bits per heavy atom. The lowest BCUT2D eigenvalue weighted by atomic mass is 9.81. The molecule has 1 heterocycles. The number of nitrogens with zero attached hydrogens (tertiary/aromatic N) is 1. The third kappa shape index (κ3) is 2.89. The molecule has 0 spiro atoms. The summed E-state index contributed by atoms with van der Waals surface area (Å²) in [6, 6.07) is 7.18. The second kappa shape index (κ2) is 6.68. The number of nitrogens with one attached hydrogen (secondary N) is 1. The van der Waals surface area contributed by atoms with Crippen molar-refractivity contribution in [3.63, 3.8) is 0 Å². The van der Waals surface area contributed by atoms with Crippen molar-refractivity contribution in [2.45, 2.75) is 51.1 Å². The largest absolute Gasteiger partial charge is 0.311 e. The van der Waals surface area contributed by atoms with Crippen LogP contribution in [0.2, 0.25) is 0 Å². The molecular formula is C17H27FN2. The number of piperidine rings is 1. The number of rotatable bonds is 5. The lowest BCUT2D eigenvalue weighted by Crippen LogP contribution is -2.55. The maximum absolute atomic E-state index is 14.2. The summed E-state index contributed by atoms with van der Waals surface area (Å²) >= 11 is 0. The fourth-order valence-electron chi connectivity index (χ4n) is 3.53. The van der Waals surface area contributed by atoms with Crippen LogP contribution >= 0.6 is 0 Å². The first kappa shape index (κ1) is 15.5. The Hall–Kier alpha value is -0.930. The van der Waals surface area contributed by atoms with Crippen molar-refractivity contribution in [2.75, 3.05) is 20.1 Å². The van der Waals surface area contributed by atoms with Gasteiger partial charge in [-0.1, -0.05) is 31.5 Å². The topological polar surface area (TPSA) is 15.3 Å².